The lowest BCUT2D eigenvalue weighted by atomic mass is 10.1. The van der Waals surface area contributed by atoms with Crippen LogP contribution in [0.15, 0.2) is 52.5 Å². The minimum atomic E-state index is -0.408. The van der Waals surface area contributed by atoms with Crippen molar-refractivity contribution >= 4 is 17.4 Å². The fraction of sp³-hybridized carbons (Fsp3) is 0.133. The first-order valence-corrected chi connectivity index (χ1v) is 7.66. The molecule has 0 saturated heterocycles. The van der Waals surface area contributed by atoms with Crippen LogP contribution in [-0.2, 0) is 0 Å². The Morgan fingerprint density at radius 3 is 2.70 bits per heavy atom. The number of hydrogen-bond acceptors (Lipinski definition) is 6. The summed E-state index contributed by atoms with van der Waals surface area (Å²) in [6.45, 7) is 4.00. The number of rotatable bonds is 4. The molecule has 3 rings (SSSR count). The molecule has 0 amide bonds. The largest absolute Gasteiger partial charge is 0.283 e. The molecule has 1 aromatic heterocycles. The second kappa shape index (κ2) is 6.17. The molecule has 7 nitrogen and oxygen atoms in total. The molecule has 0 spiro atoms. The molecule has 1 heterocycles. The molecule has 0 bridgehead atoms. The van der Waals surface area contributed by atoms with Crippen LogP contribution < -0.4 is 0 Å². The Morgan fingerprint density at radius 1 is 1.13 bits per heavy atom. The molecule has 0 radical (unpaired) electrons. The van der Waals surface area contributed by atoms with E-state index >= 15 is 0 Å². The van der Waals surface area contributed by atoms with Crippen molar-refractivity contribution in [3.05, 3.63) is 63.7 Å². The van der Waals surface area contributed by atoms with Crippen molar-refractivity contribution < 1.29 is 4.92 Å². The van der Waals surface area contributed by atoms with E-state index in [2.05, 4.69) is 15.5 Å². The van der Waals surface area contributed by atoms with E-state index in [9.17, 15) is 10.1 Å². The topological polar surface area (TPSA) is 86.7 Å². The van der Waals surface area contributed by atoms with Crippen LogP contribution in [0.4, 0.5) is 5.69 Å². The van der Waals surface area contributed by atoms with Crippen LogP contribution in [0.5, 0.6) is 0 Å². The van der Waals surface area contributed by atoms with Crippen molar-refractivity contribution in [3.63, 3.8) is 0 Å². The Labute approximate surface area is 136 Å². The fourth-order valence-electron chi connectivity index (χ4n) is 2.15. The third-order valence-electron chi connectivity index (χ3n) is 3.51. The maximum absolute atomic E-state index is 11.1. The van der Waals surface area contributed by atoms with Gasteiger partial charge in [0.2, 0.25) is 5.16 Å². The van der Waals surface area contributed by atoms with Crippen molar-refractivity contribution in [1.29, 1.82) is 0 Å². The molecule has 0 atom stereocenters. The van der Waals surface area contributed by atoms with Gasteiger partial charge >= 0.3 is 0 Å². The average Bonchev–Trinajstić information content (AvgIpc) is 2.98. The van der Waals surface area contributed by atoms with Crippen LogP contribution in [-0.4, -0.2) is 25.1 Å². The van der Waals surface area contributed by atoms with Crippen molar-refractivity contribution in [2.75, 3.05) is 0 Å². The number of benzene rings is 2. The zero-order chi connectivity index (χ0) is 16.4. The Balaban J connectivity index is 2.03. The highest BCUT2D eigenvalue weighted by Gasteiger charge is 2.18. The number of nitrogens with zero attached hydrogens (tertiary/aromatic N) is 5. The molecule has 8 heteroatoms. The van der Waals surface area contributed by atoms with Gasteiger partial charge in [-0.1, -0.05) is 24.3 Å². The lowest BCUT2D eigenvalue weighted by Gasteiger charge is -2.09. The van der Waals surface area contributed by atoms with E-state index in [0.29, 0.717) is 10.1 Å². The van der Waals surface area contributed by atoms with Gasteiger partial charge in [0.15, 0.2) is 0 Å². The van der Waals surface area contributed by atoms with Gasteiger partial charge in [-0.2, -0.15) is 4.68 Å². The van der Waals surface area contributed by atoms with Crippen molar-refractivity contribution in [2.45, 2.75) is 23.9 Å². The lowest BCUT2D eigenvalue weighted by Crippen LogP contribution is -2.02. The standard InChI is InChI=1S/C15H13N5O2S/c1-10-6-5-8-12(11(10)2)19-15(16-17-18-19)23-14-9-4-3-7-13(14)20(21)22/h3-9H,1-2H3. The highest BCUT2D eigenvalue weighted by atomic mass is 32.2. The van der Waals surface area contributed by atoms with Gasteiger partial charge in [-0.15, -0.1) is 5.10 Å². The van der Waals surface area contributed by atoms with Crippen LogP contribution >= 0.6 is 11.8 Å². The molecule has 23 heavy (non-hydrogen) atoms. The van der Waals surface area contributed by atoms with E-state index in [1.54, 1.807) is 22.9 Å². The number of para-hydroxylation sites is 1. The SMILES string of the molecule is Cc1cccc(-n2nnnc2Sc2ccccc2[N+](=O)[O-])c1C. The summed E-state index contributed by atoms with van der Waals surface area (Å²) in [5, 5.41) is 23.4. The molecule has 116 valence electrons. The van der Waals surface area contributed by atoms with E-state index in [-0.39, 0.29) is 5.69 Å². The van der Waals surface area contributed by atoms with Crippen LogP contribution in [0.25, 0.3) is 5.69 Å². The number of aryl methyl sites for hydroxylation is 1. The predicted octanol–water partition coefficient (Wildman–Crippen LogP) is 3.34. The first-order chi connectivity index (χ1) is 11.1. The summed E-state index contributed by atoms with van der Waals surface area (Å²) >= 11 is 1.17. The second-order valence-electron chi connectivity index (χ2n) is 4.92. The second-order valence-corrected chi connectivity index (χ2v) is 5.93. The third-order valence-corrected chi connectivity index (χ3v) is 4.51. The minimum absolute atomic E-state index is 0.0352. The summed E-state index contributed by atoms with van der Waals surface area (Å²) in [7, 11) is 0. The van der Waals surface area contributed by atoms with Crippen LogP contribution in [0.2, 0.25) is 0 Å². The Morgan fingerprint density at radius 2 is 1.91 bits per heavy atom. The van der Waals surface area contributed by atoms with E-state index in [1.807, 2.05) is 32.0 Å². The maximum atomic E-state index is 11.1. The number of nitro groups is 1. The van der Waals surface area contributed by atoms with Crippen molar-refractivity contribution in [1.82, 2.24) is 20.2 Å². The van der Waals surface area contributed by atoms with E-state index in [4.69, 9.17) is 0 Å². The number of nitro benzene ring substituents is 1. The van der Waals surface area contributed by atoms with Crippen molar-refractivity contribution in [2.24, 2.45) is 0 Å². The van der Waals surface area contributed by atoms with Gasteiger partial charge in [0, 0.05) is 6.07 Å². The molecule has 0 unspecified atom stereocenters. The molecule has 0 saturated carbocycles. The highest BCUT2D eigenvalue weighted by molar-refractivity contribution is 7.99. The van der Waals surface area contributed by atoms with Gasteiger partial charge in [0.05, 0.1) is 15.5 Å². The third kappa shape index (κ3) is 2.93. The molecule has 0 aliphatic rings. The van der Waals surface area contributed by atoms with Crippen LogP contribution in [0.3, 0.4) is 0 Å². The zero-order valence-corrected chi connectivity index (χ0v) is 13.3. The molecule has 0 aliphatic carbocycles. The Bertz CT molecular complexity index is 878. The van der Waals surface area contributed by atoms with Gasteiger partial charge in [0.25, 0.3) is 5.69 Å². The molecule has 2 aromatic carbocycles. The highest BCUT2D eigenvalue weighted by Crippen LogP contribution is 2.34. The van der Waals surface area contributed by atoms with Gasteiger partial charge in [-0.25, -0.2) is 0 Å². The van der Waals surface area contributed by atoms with Crippen molar-refractivity contribution in [3.8, 4) is 5.69 Å². The van der Waals surface area contributed by atoms with E-state index < -0.39 is 4.92 Å². The first kappa shape index (κ1) is 15.2. The monoisotopic (exact) mass is 327 g/mol. The summed E-state index contributed by atoms with van der Waals surface area (Å²) in [6.07, 6.45) is 0. The Kier molecular flexibility index (Phi) is 4.07. The Hall–Kier alpha value is -2.74. The summed E-state index contributed by atoms with van der Waals surface area (Å²) < 4.78 is 1.60. The smallest absolute Gasteiger partial charge is 0.258 e. The van der Waals surface area contributed by atoms with Gasteiger partial charge in [-0.3, -0.25) is 10.1 Å². The van der Waals surface area contributed by atoms with E-state index in [0.717, 1.165) is 16.8 Å². The normalized spacial score (nSPS) is 10.7. The number of tetrazole rings is 1. The summed E-state index contributed by atoms with van der Waals surface area (Å²) in [5.41, 5.74) is 3.08. The number of hydrogen-bond donors (Lipinski definition) is 0. The summed E-state index contributed by atoms with van der Waals surface area (Å²) in [5.74, 6) is 0. The lowest BCUT2D eigenvalue weighted by molar-refractivity contribution is -0.387. The molecule has 0 N–H and O–H groups in total. The molecular formula is C15H13N5O2S. The predicted molar refractivity (Wildman–Crippen MR) is 85.8 cm³/mol. The summed E-state index contributed by atoms with van der Waals surface area (Å²) in [6, 6.07) is 12.4. The van der Waals surface area contributed by atoms with Gasteiger partial charge < -0.3 is 0 Å². The quantitative estimate of drug-likeness (QED) is 0.539. The average molecular weight is 327 g/mol. The van der Waals surface area contributed by atoms with Gasteiger partial charge in [-0.05, 0) is 59.3 Å². The fourth-order valence-corrected chi connectivity index (χ4v) is 3.04. The minimum Gasteiger partial charge on any atom is -0.258 e. The van der Waals surface area contributed by atoms with Crippen LogP contribution in [0, 0.1) is 24.0 Å². The van der Waals surface area contributed by atoms with Gasteiger partial charge in [0.1, 0.15) is 0 Å². The molecule has 3 aromatic rings. The van der Waals surface area contributed by atoms with Crippen LogP contribution in [0.1, 0.15) is 11.1 Å². The van der Waals surface area contributed by atoms with E-state index in [1.165, 1.54) is 17.8 Å². The number of aromatic nitrogens is 4. The molecular weight excluding hydrogens is 314 g/mol. The maximum Gasteiger partial charge on any atom is 0.283 e. The first-order valence-electron chi connectivity index (χ1n) is 6.84. The molecule has 0 fully saturated rings. The summed E-state index contributed by atoms with van der Waals surface area (Å²) in [4.78, 5) is 11.2. The molecule has 0 aliphatic heterocycles. The zero-order valence-electron chi connectivity index (χ0n) is 12.5.